The van der Waals surface area contributed by atoms with Gasteiger partial charge in [-0.2, -0.15) is 0 Å². The molecule has 0 spiro atoms. The quantitative estimate of drug-likeness (QED) is 0.634. The Morgan fingerprint density at radius 1 is 1.26 bits per heavy atom. The van der Waals surface area contributed by atoms with Gasteiger partial charge in [0, 0.05) is 12.1 Å². The Morgan fingerprint density at radius 3 is 2.74 bits per heavy atom. The fourth-order valence-electron chi connectivity index (χ4n) is 2.93. The maximum absolute atomic E-state index is 12.8. The highest BCUT2D eigenvalue weighted by Crippen LogP contribution is 2.36. The number of imidazole rings is 1. The van der Waals surface area contributed by atoms with E-state index in [1.807, 2.05) is 35.8 Å². The topological polar surface area (TPSA) is 65.4 Å². The van der Waals surface area contributed by atoms with Crippen molar-refractivity contribution < 1.29 is 14.3 Å². The van der Waals surface area contributed by atoms with Crippen LogP contribution in [0.15, 0.2) is 36.4 Å². The van der Waals surface area contributed by atoms with Crippen LogP contribution in [0.4, 0.5) is 5.95 Å². The number of anilines is 1. The molecule has 0 unspecified atom stereocenters. The predicted octanol–water partition coefficient (Wildman–Crippen LogP) is 4.76. The molecular formula is C20H22ClN3O3. The van der Waals surface area contributed by atoms with E-state index >= 15 is 0 Å². The number of nitrogens with zero attached hydrogens (tertiary/aromatic N) is 2. The number of ether oxygens (including phenoxy) is 2. The van der Waals surface area contributed by atoms with Gasteiger partial charge >= 0.3 is 0 Å². The van der Waals surface area contributed by atoms with Crippen molar-refractivity contribution in [2.75, 3.05) is 19.0 Å². The van der Waals surface area contributed by atoms with Gasteiger partial charge in [-0.15, -0.1) is 0 Å². The number of hydrogen-bond acceptors (Lipinski definition) is 4. The molecule has 0 aliphatic heterocycles. The Morgan fingerprint density at radius 2 is 2.04 bits per heavy atom. The van der Waals surface area contributed by atoms with Crippen LogP contribution in [0.1, 0.15) is 30.6 Å². The highest BCUT2D eigenvalue weighted by molar-refractivity contribution is 6.32. The van der Waals surface area contributed by atoms with E-state index in [-0.39, 0.29) is 5.91 Å². The van der Waals surface area contributed by atoms with Crippen molar-refractivity contribution in [2.45, 2.75) is 26.8 Å². The molecule has 0 saturated carbocycles. The second kappa shape index (κ2) is 8.31. The number of methoxy groups -OCH3 is 1. The molecule has 0 saturated heterocycles. The number of amides is 1. The second-order valence-electron chi connectivity index (χ2n) is 5.95. The molecule has 27 heavy (non-hydrogen) atoms. The lowest BCUT2D eigenvalue weighted by molar-refractivity contribution is 0.102. The van der Waals surface area contributed by atoms with E-state index in [0.29, 0.717) is 34.6 Å². The molecule has 1 aromatic heterocycles. The summed E-state index contributed by atoms with van der Waals surface area (Å²) in [5, 5.41) is 3.21. The fraction of sp³-hybridized carbons (Fsp3) is 0.300. The molecule has 7 heteroatoms. The number of benzene rings is 2. The first-order valence-corrected chi connectivity index (χ1v) is 9.23. The smallest absolute Gasteiger partial charge is 0.258 e. The Hall–Kier alpha value is -2.73. The van der Waals surface area contributed by atoms with Crippen LogP contribution in [0.2, 0.25) is 5.02 Å². The molecule has 3 rings (SSSR count). The lowest BCUT2D eigenvalue weighted by Gasteiger charge is -2.13. The standard InChI is InChI=1S/C20H22ClN3O3/c1-4-10-24-16-9-7-6-8-15(16)22-20(24)23-19(25)13-11-14(21)18(27-5-2)17(12-13)26-3/h6-9,11-12H,4-5,10H2,1-3H3,(H,22,23,25). The fourth-order valence-corrected chi connectivity index (χ4v) is 3.20. The number of para-hydroxylation sites is 2. The van der Waals surface area contributed by atoms with Gasteiger partial charge in [0.2, 0.25) is 5.95 Å². The molecule has 2 aromatic carbocycles. The molecule has 1 N–H and O–H groups in total. The first kappa shape index (κ1) is 19.0. The van der Waals surface area contributed by atoms with Crippen molar-refractivity contribution in [2.24, 2.45) is 0 Å². The number of aromatic nitrogens is 2. The number of fused-ring (bicyclic) bond motifs is 1. The summed E-state index contributed by atoms with van der Waals surface area (Å²) in [6, 6.07) is 11.0. The molecule has 142 valence electrons. The Kier molecular flexibility index (Phi) is 5.86. The van der Waals surface area contributed by atoms with Crippen molar-refractivity contribution in [1.29, 1.82) is 0 Å². The molecule has 0 atom stereocenters. The number of aryl methyl sites for hydroxylation is 1. The maximum atomic E-state index is 12.8. The molecule has 0 aliphatic rings. The van der Waals surface area contributed by atoms with Crippen LogP contribution in [0.5, 0.6) is 11.5 Å². The largest absolute Gasteiger partial charge is 0.493 e. The Balaban J connectivity index is 1.95. The highest BCUT2D eigenvalue weighted by atomic mass is 35.5. The number of carbonyl (C=O) groups excluding carboxylic acids is 1. The molecule has 0 fully saturated rings. The van der Waals surface area contributed by atoms with E-state index in [4.69, 9.17) is 21.1 Å². The number of halogens is 1. The van der Waals surface area contributed by atoms with Crippen molar-refractivity contribution >= 4 is 34.5 Å². The van der Waals surface area contributed by atoms with Crippen LogP contribution in [0.3, 0.4) is 0 Å². The van der Waals surface area contributed by atoms with Gasteiger partial charge in [-0.25, -0.2) is 4.98 Å². The van der Waals surface area contributed by atoms with Gasteiger partial charge in [0.15, 0.2) is 11.5 Å². The third kappa shape index (κ3) is 3.85. The number of carbonyl (C=O) groups is 1. The molecular weight excluding hydrogens is 366 g/mol. The predicted molar refractivity (Wildman–Crippen MR) is 107 cm³/mol. The van der Waals surface area contributed by atoms with Crippen LogP contribution in [-0.2, 0) is 6.54 Å². The zero-order chi connectivity index (χ0) is 19.4. The summed E-state index contributed by atoms with van der Waals surface area (Å²) in [6.45, 7) is 5.14. The van der Waals surface area contributed by atoms with Crippen molar-refractivity contribution in [1.82, 2.24) is 9.55 Å². The van der Waals surface area contributed by atoms with Gasteiger partial charge in [0.25, 0.3) is 5.91 Å². The van der Waals surface area contributed by atoms with Crippen LogP contribution >= 0.6 is 11.6 Å². The summed E-state index contributed by atoms with van der Waals surface area (Å²) in [5.41, 5.74) is 2.19. The van der Waals surface area contributed by atoms with Crippen molar-refractivity contribution in [3.8, 4) is 11.5 Å². The summed E-state index contributed by atoms with van der Waals surface area (Å²) in [4.78, 5) is 17.4. The summed E-state index contributed by atoms with van der Waals surface area (Å²) in [5.74, 6) is 1.03. The number of nitrogens with one attached hydrogen (secondary N) is 1. The van der Waals surface area contributed by atoms with E-state index in [2.05, 4.69) is 17.2 Å². The van der Waals surface area contributed by atoms with Crippen LogP contribution in [-0.4, -0.2) is 29.2 Å². The molecule has 0 aliphatic carbocycles. The first-order chi connectivity index (χ1) is 13.1. The summed E-state index contributed by atoms with van der Waals surface area (Å²) in [7, 11) is 1.51. The van der Waals surface area contributed by atoms with Crippen LogP contribution < -0.4 is 14.8 Å². The summed E-state index contributed by atoms with van der Waals surface area (Å²) in [6.07, 6.45) is 0.923. The lowest BCUT2D eigenvalue weighted by atomic mass is 10.2. The zero-order valence-electron chi connectivity index (χ0n) is 15.6. The van der Waals surface area contributed by atoms with E-state index in [1.165, 1.54) is 7.11 Å². The minimum atomic E-state index is -0.314. The van der Waals surface area contributed by atoms with Crippen molar-refractivity contribution in [3.05, 3.63) is 47.0 Å². The van der Waals surface area contributed by atoms with Crippen LogP contribution in [0.25, 0.3) is 11.0 Å². The molecule has 6 nitrogen and oxygen atoms in total. The number of rotatable bonds is 7. The first-order valence-electron chi connectivity index (χ1n) is 8.86. The maximum Gasteiger partial charge on any atom is 0.258 e. The van der Waals surface area contributed by atoms with E-state index in [0.717, 1.165) is 24.0 Å². The highest BCUT2D eigenvalue weighted by Gasteiger charge is 2.18. The average molecular weight is 388 g/mol. The van der Waals surface area contributed by atoms with E-state index < -0.39 is 0 Å². The second-order valence-corrected chi connectivity index (χ2v) is 6.36. The van der Waals surface area contributed by atoms with Gasteiger partial charge in [0.05, 0.1) is 29.8 Å². The third-order valence-electron chi connectivity index (χ3n) is 4.11. The van der Waals surface area contributed by atoms with Crippen LogP contribution in [0, 0.1) is 0 Å². The molecule has 0 radical (unpaired) electrons. The van der Waals surface area contributed by atoms with Crippen molar-refractivity contribution in [3.63, 3.8) is 0 Å². The lowest BCUT2D eigenvalue weighted by Crippen LogP contribution is -2.16. The van der Waals surface area contributed by atoms with Gasteiger partial charge in [0.1, 0.15) is 0 Å². The van der Waals surface area contributed by atoms with E-state index in [9.17, 15) is 4.79 Å². The Labute approximate surface area is 163 Å². The van der Waals surface area contributed by atoms with Gasteiger partial charge in [-0.05, 0) is 37.6 Å². The molecule has 1 amide bonds. The average Bonchev–Trinajstić information content (AvgIpc) is 3.01. The third-order valence-corrected chi connectivity index (χ3v) is 4.39. The molecule has 0 bridgehead atoms. The minimum absolute atomic E-state index is 0.314. The minimum Gasteiger partial charge on any atom is -0.493 e. The Bertz CT molecular complexity index is 969. The monoisotopic (exact) mass is 387 g/mol. The zero-order valence-corrected chi connectivity index (χ0v) is 16.3. The van der Waals surface area contributed by atoms with Gasteiger partial charge < -0.3 is 14.0 Å². The van der Waals surface area contributed by atoms with E-state index in [1.54, 1.807) is 12.1 Å². The normalized spacial score (nSPS) is 10.8. The molecule has 1 heterocycles. The summed E-state index contributed by atoms with van der Waals surface area (Å²) < 4.78 is 12.8. The van der Waals surface area contributed by atoms with Gasteiger partial charge in [-0.3, -0.25) is 10.1 Å². The SMILES string of the molecule is CCCn1c(NC(=O)c2cc(Cl)c(OCC)c(OC)c2)nc2ccccc21. The number of hydrogen-bond donors (Lipinski definition) is 1. The summed E-state index contributed by atoms with van der Waals surface area (Å²) >= 11 is 6.28. The molecule has 3 aromatic rings. The van der Waals surface area contributed by atoms with Gasteiger partial charge in [-0.1, -0.05) is 30.7 Å².